The summed E-state index contributed by atoms with van der Waals surface area (Å²) in [4.78, 5) is 31.7. The lowest BCUT2D eigenvalue weighted by atomic mass is 9.94. The molecule has 0 bridgehead atoms. The average Bonchev–Trinajstić information content (AvgIpc) is 3.81. The van der Waals surface area contributed by atoms with Gasteiger partial charge in [-0.3, -0.25) is 9.59 Å². The number of carbonyl (C=O) groups is 1. The van der Waals surface area contributed by atoms with Gasteiger partial charge in [0.2, 0.25) is 0 Å². The molecule has 2 aliphatic rings. The first-order valence-corrected chi connectivity index (χ1v) is 14.4. The second-order valence-electron chi connectivity index (χ2n) is 11.3. The molecule has 43 heavy (non-hydrogen) atoms. The molecule has 1 unspecified atom stereocenters. The molecule has 3 N–H and O–H groups in total. The number of aromatic nitrogens is 2. The first-order valence-electron chi connectivity index (χ1n) is 14.4. The van der Waals surface area contributed by atoms with Gasteiger partial charge in [-0.05, 0) is 73.2 Å². The Morgan fingerprint density at radius 2 is 1.95 bits per heavy atom. The van der Waals surface area contributed by atoms with Crippen LogP contribution in [0.2, 0.25) is 0 Å². The Morgan fingerprint density at radius 3 is 2.60 bits per heavy atom. The monoisotopic (exact) mass is 599 g/mol. The number of aliphatic hydroxyl groups is 1. The first-order chi connectivity index (χ1) is 20.5. The number of hydrogen-bond donors (Lipinski definition) is 3. The number of amides is 1. The Bertz CT molecular complexity index is 1550. The van der Waals surface area contributed by atoms with Gasteiger partial charge in [0.25, 0.3) is 17.4 Å². The summed E-state index contributed by atoms with van der Waals surface area (Å²) in [5.74, 6) is -4.20. The molecule has 1 aromatic carbocycles. The summed E-state index contributed by atoms with van der Waals surface area (Å²) in [7, 11) is 1.63. The van der Waals surface area contributed by atoms with Crippen molar-refractivity contribution in [3.63, 3.8) is 0 Å². The van der Waals surface area contributed by atoms with E-state index in [0.29, 0.717) is 25.1 Å². The third-order valence-corrected chi connectivity index (χ3v) is 7.78. The maximum atomic E-state index is 15.5. The number of anilines is 1. The summed E-state index contributed by atoms with van der Waals surface area (Å²) < 4.78 is 49.4. The minimum atomic E-state index is -2.96. The van der Waals surface area contributed by atoms with Crippen LogP contribution in [0.4, 0.5) is 19.0 Å². The number of rotatable bonds is 12. The van der Waals surface area contributed by atoms with Crippen LogP contribution in [0, 0.1) is 5.82 Å². The third-order valence-electron chi connectivity index (χ3n) is 7.78. The molecular weight excluding hydrogens is 563 g/mol. The number of nitrogens with zero attached hydrogens (tertiary/aromatic N) is 3. The third kappa shape index (κ3) is 6.92. The van der Waals surface area contributed by atoms with E-state index in [1.807, 2.05) is 6.92 Å². The molecule has 9 nitrogen and oxygen atoms in total. The summed E-state index contributed by atoms with van der Waals surface area (Å²) in [5.41, 5.74) is 1.36. The van der Waals surface area contributed by atoms with Crippen molar-refractivity contribution in [2.24, 2.45) is 0 Å². The zero-order valence-electron chi connectivity index (χ0n) is 24.4. The fourth-order valence-corrected chi connectivity index (χ4v) is 5.14. The highest BCUT2D eigenvalue weighted by Gasteiger charge is 2.47. The van der Waals surface area contributed by atoms with E-state index in [1.54, 1.807) is 30.9 Å². The predicted octanol–water partition coefficient (Wildman–Crippen LogP) is 4.27. The molecule has 2 fully saturated rings. The molecule has 2 atom stereocenters. The van der Waals surface area contributed by atoms with Crippen LogP contribution in [0.5, 0.6) is 0 Å². The normalized spacial score (nSPS) is 17.3. The van der Waals surface area contributed by atoms with Gasteiger partial charge in [0.1, 0.15) is 11.6 Å². The van der Waals surface area contributed by atoms with E-state index in [1.165, 1.54) is 30.5 Å². The Hall–Kier alpha value is -3.74. The number of methoxy groups -OCH3 is 1. The second kappa shape index (κ2) is 12.5. The zero-order valence-corrected chi connectivity index (χ0v) is 24.4. The molecular formula is C31H36F3N5O4. The maximum absolute atomic E-state index is 15.5. The molecule has 12 heteroatoms. The molecule has 3 aromatic rings. The summed E-state index contributed by atoms with van der Waals surface area (Å²) in [6, 6.07) is 7.49. The van der Waals surface area contributed by atoms with Gasteiger partial charge < -0.3 is 29.9 Å². The Labute approximate surface area is 247 Å². The van der Waals surface area contributed by atoms with Crippen LogP contribution >= 0.6 is 0 Å². The largest absolute Gasteiger partial charge is 0.380 e. The lowest BCUT2D eigenvalue weighted by molar-refractivity contribution is -0.113. The topological polar surface area (TPSA) is 109 Å². The summed E-state index contributed by atoms with van der Waals surface area (Å²) >= 11 is 0. The highest BCUT2D eigenvalue weighted by atomic mass is 19.3. The minimum absolute atomic E-state index is 0.00471. The standard InChI is InChI=1S/C31H36F3N5O4/c1-4-19-9-23(29(41)38-16-31(33,34)17-38)27(25(32)11-19)21-7-8-36-26(12-21)37-28(40)24-10-20(14-35-13-18(2)43-3)15-39(30(24)42)22-5-6-22/h7-12,15,18,22,28,35,40H,4-6,13-14,16-17H2,1-3H3,(H,36,37)/t18-,28?/m0/s1. The summed E-state index contributed by atoms with van der Waals surface area (Å²) in [6.07, 6.45) is 3.95. The molecule has 1 saturated carbocycles. The molecule has 0 spiro atoms. The van der Waals surface area contributed by atoms with Crippen molar-refractivity contribution in [3.05, 3.63) is 81.2 Å². The Balaban J connectivity index is 1.42. The average molecular weight is 600 g/mol. The highest BCUT2D eigenvalue weighted by Crippen LogP contribution is 2.35. The molecule has 2 aromatic heterocycles. The number of pyridine rings is 2. The molecule has 1 aliphatic heterocycles. The zero-order chi connectivity index (χ0) is 30.9. The van der Waals surface area contributed by atoms with Crippen LogP contribution in [-0.4, -0.2) is 64.2 Å². The highest BCUT2D eigenvalue weighted by molar-refractivity contribution is 6.02. The van der Waals surface area contributed by atoms with Crippen molar-refractivity contribution in [1.29, 1.82) is 0 Å². The van der Waals surface area contributed by atoms with Gasteiger partial charge in [0.05, 0.1) is 30.3 Å². The number of nitrogens with one attached hydrogen (secondary N) is 2. The fourth-order valence-electron chi connectivity index (χ4n) is 5.14. The molecule has 230 valence electrons. The van der Waals surface area contributed by atoms with Crippen LogP contribution in [0.25, 0.3) is 11.1 Å². The van der Waals surface area contributed by atoms with Crippen LogP contribution in [0.3, 0.4) is 0 Å². The number of hydrogen-bond acceptors (Lipinski definition) is 7. The van der Waals surface area contributed by atoms with Crippen LogP contribution in [-0.2, 0) is 17.7 Å². The first kappa shape index (κ1) is 30.7. The number of carbonyl (C=O) groups excluding carboxylic acids is 1. The smallest absolute Gasteiger partial charge is 0.282 e. The molecule has 0 radical (unpaired) electrons. The van der Waals surface area contributed by atoms with Crippen molar-refractivity contribution < 1.29 is 27.8 Å². The van der Waals surface area contributed by atoms with E-state index in [4.69, 9.17) is 4.74 Å². The number of likely N-dealkylation sites (tertiary alicyclic amines) is 1. The predicted molar refractivity (Wildman–Crippen MR) is 156 cm³/mol. The number of benzene rings is 1. The van der Waals surface area contributed by atoms with Crippen molar-refractivity contribution >= 4 is 11.7 Å². The van der Waals surface area contributed by atoms with Gasteiger partial charge in [-0.25, -0.2) is 18.2 Å². The number of ether oxygens (including phenoxy) is 1. The Kier molecular flexibility index (Phi) is 8.91. The van der Waals surface area contributed by atoms with Crippen LogP contribution in [0.1, 0.15) is 66.0 Å². The van der Waals surface area contributed by atoms with E-state index < -0.39 is 37.0 Å². The summed E-state index contributed by atoms with van der Waals surface area (Å²) in [6.45, 7) is 3.35. The van der Waals surface area contributed by atoms with Gasteiger partial charge in [0, 0.05) is 44.2 Å². The van der Waals surface area contributed by atoms with E-state index in [2.05, 4.69) is 15.6 Å². The van der Waals surface area contributed by atoms with Crippen molar-refractivity contribution in [2.75, 3.05) is 32.1 Å². The van der Waals surface area contributed by atoms with Crippen molar-refractivity contribution in [2.45, 2.75) is 64.0 Å². The molecule has 1 saturated heterocycles. The van der Waals surface area contributed by atoms with E-state index in [9.17, 15) is 23.5 Å². The minimum Gasteiger partial charge on any atom is -0.380 e. The fraction of sp³-hybridized carbons (Fsp3) is 0.452. The second-order valence-corrected chi connectivity index (χ2v) is 11.3. The molecule has 1 amide bonds. The summed E-state index contributed by atoms with van der Waals surface area (Å²) in [5, 5.41) is 17.2. The van der Waals surface area contributed by atoms with Crippen LogP contribution in [0.15, 0.2) is 47.5 Å². The van der Waals surface area contributed by atoms with Gasteiger partial charge in [-0.15, -0.1) is 0 Å². The van der Waals surface area contributed by atoms with Gasteiger partial charge in [-0.2, -0.15) is 0 Å². The number of aryl methyl sites for hydroxylation is 1. The van der Waals surface area contributed by atoms with Gasteiger partial charge in [0.15, 0.2) is 6.23 Å². The van der Waals surface area contributed by atoms with Crippen molar-refractivity contribution in [3.8, 4) is 11.1 Å². The van der Waals surface area contributed by atoms with E-state index in [0.717, 1.165) is 23.3 Å². The number of aliphatic hydroxyl groups excluding tert-OH is 1. The molecule has 3 heterocycles. The van der Waals surface area contributed by atoms with Gasteiger partial charge >= 0.3 is 0 Å². The quantitative estimate of drug-likeness (QED) is 0.267. The lowest BCUT2D eigenvalue weighted by Gasteiger charge is -2.39. The maximum Gasteiger partial charge on any atom is 0.282 e. The lowest BCUT2D eigenvalue weighted by Crippen LogP contribution is -2.58. The Morgan fingerprint density at radius 1 is 1.21 bits per heavy atom. The van der Waals surface area contributed by atoms with E-state index >= 15 is 4.39 Å². The van der Waals surface area contributed by atoms with Gasteiger partial charge in [-0.1, -0.05) is 6.92 Å². The SMILES string of the molecule is CCc1cc(F)c(-c2ccnc(NC(O)c3cc(CNC[C@H](C)OC)cn(C4CC4)c3=O)c2)c(C(=O)N2CC(F)(F)C2)c1. The molecule has 1 aliphatic carbocycles. The number of alkyl halides is 2. The number of halogens is 3. The van der Waals surface area contributed by atoms with Crippen LogP contribution < -0.4 is 16.2 Å². The molecule has 5 rings (SSSR count). The van der Waals surface area contributed by atoms with E-state index in [-0.39, 0.29) is 45.8 Å². The van der Waals surface area contributed by atoms with Crippen molar-refractivity contribution in [1.82, 2.24) is 19.8 Å².